The van der Waals surface area contributed by atoms with E-state index in [9.17, 15) is 4.79 Å². The van der Waals surface area contributed by atoms with Crippen LogP contribution >= 0.6 is 43.2 Å². The Morgan fingerprint density at radius 1 is 1.65 bits per heavy atom. The fraction of sp³-hybridized carbons (Fsp3) is 0.545. The zero-order valence-corrected chi connectivity index (χ0v) is 13.4. The largest absolute Gasteiger partial charge is 0.376 e. The molecule has 1 aliphatic rings. The van der Waals surface area contributed by atoms with E-state index in [-0.39, 0.29) is 12.0 Å². The second-order valence-corrected chi connectivity index (χ2v) is 7.28. The van der Waals surface area contributed by atoms with Gasteiger partial charge in [-0.05, 0) is 50.8 Å². The van der Waals surface area contributed by atoms with Gasteiger partial charge in [0.1, 0.15) is 0 Å². The Balaban J connectivity index is 1.98. The maximum absolute atomic E-state index is 12.1. The van der Waals surface area contributed by atoms with Crippen LogP contribution in [-0.2, 0) is 4.74 Å². The highest BCUT2D eigenvalue weighted by atomic mass is 79.9. The molecule has 2 rings (SSSR count). The zero-order valence-electron chi connectivity index (χ0n) is 9.41. The van der Waals surface area contributed by atoms with Crippen LogP contribution in [0.5, 0.6) is 0 Å². The van der Waals surface area contributed by atoms with E-state index < -0.39 is 0 Å². The van der Waals surface area contributed by atoms with Crippen molar-refractivity contribution < 1.29 is 9.53 Å². The third kappa shape index (κ3) is 3.30. The van der Waals surface area contributed by atoms with Crippen LogP contribution in [0.1, 0.15) is 22.5 Å². The van der Waals surface area contributed by atoms with Crippen molar-refractivity contribution in [1.29, 1.82) is 0 Å². The molecule has 1 aliphatic heterocycles. The van der Waals surface area contributed by atoms with Gasteiger partial charge in [-0.1, -0.05) is 0 Å². The molecule has 3 nitrogen and oxygen atoms in total. The van der Waals surface area contributed by atoms with Gasteiger partial charge in [0.15, 0.2) is 0 Å². The van der Waals surface area contributed by atoms with E-state index in [1.54, 1.807) is 4.90 Å². The fourth-order valence-corrected chi connectivity index (χ4v) is 3.85. The average molecular weight is 383 g/mol. The predicted molar refractivity (Wildman–Crippen MR) is 75.7 cm³/mol. The third-order valence-corrected chi connectivity index (χ3v) is 5.95. The van der Waals surface area contributed by atoms with Crippen LogP contribution in [0.15, 0.2) is 14.3 Å². The quantitative estimate of drug-likeness (QED) is 0.800. The maximum Gasteiger partial charge on any atom is 0.263 e. The Labute approximate surface area is 121 Å². The smallest absolute Gasteiger partial charge is 0.263 e. The molecule has 1 unspecified atom stereocenters. The molecular weight excluding hydrogens is 370 g/mol. The predicted octanol–water partition coefficient (Wildman–Crippen LogP) is 3.52. The highest BCUT2D eigenvalue weighted by Gasteiger charge is 2.22. The number of halogens is 2. The number of nitrogens with zero attached hydrogens (tertiary/aromatic N) is 1. The van der Waals surface area contributed by atoms with Crippen LogP contribution in [0.3, 0.4) is 0 Å². The first-order valence-electron chi connectivity index (χ1n) is 5.40. The molecule has 1 atom stereocenters. The summed E-state index contributed by atoms with van der Waals surface area (Å²) in [6, 6.07) is 1.85. The minimum absolute atomic E-state index is 0.0527. The standard InChI is InChI=1S/C11H13Br2NO2S/c1-14(6-7-3-2-4-16-7)11(15)9-5-8(12)10(13)17-9/h5,7H,2-4,6H2,1H3. The van der Waals surface area contributed by atoms with Crippen molar-refractivity contribution >= 4 is 49.1 Å². The molecule has 0 spiro atoms. The van der Waals surface area contributed by atoms with E-state index in [1.807, 2.05) is 13.1 Å². The summed E-state index contributed by atoms with van der Waals surface area (Å²) >= 11 is 8.23. The Morgan fingerprint density at radius 2 is 2.41 bits per heavy atom. The lowest BCUT2D eigenvalue weighted by Gasteiger charge is -2.19. The molecule has 0 N–H and O–H groups in total. The zero-order chi connectivity index (χ0) is 12.4. The van der Waals surface area contributed by atoms with Gasteiger partial charge >= 0.3 is 0 Å². The van der Waals surface area contributed by atoms with Gasteiger partial charge in [0.2, 0.25) is 0 Å². The van der Waals surface area contributed by atoms with E-state index in [0.717, 1.165) is 32.6 Å². The van der Waals surface area contributed by atoms with Crippen LogP contribution in [-0.4, -0.2) is 37.1 Å². The summed E-state index contributed by atoms with van der Waals surface area (Å²) in [5, 5.41) is 0. The number of ether oxygens (including phenoxy) is 1. The molecule has 0 saturated carbocycles. The lowest BCUT2D eigenvalue weighted by Crippen LogP contribution is -2.33. The van der Waals surface area contributed by atoms with Gasteiger partial charge in [0, 0.05) is 24.7 Å². The molecule has 1 aromatic heterocycles. The number of likely N-dealkylation sites (N-methyl/N-ethyl adjacent to an activating group) is 1. The molecule has 1 saturated heterocycles. The van der Waals surface area contributed by atoms with E-state index >= 15 is 0 Å². The van der Waals surface area contributed by atoms with Gasteiger partial charge in [0.05, 0.1) is 14.8 Å². The molecule has 94 valence electrons. The van der Waals surface area contributed by atoms with Crippen molar-refractivity contribution in [2.75, 3.05) is 20.2 Å². The molecule has 6 heteroatoms. The van der Waals surface area contributed by atoms with E-state index in [4.69, 9.17) is 4.74 Å². The van der Waals surface area contributed by atoms with Gasteiger partial charge in [-0.25, -0.2) is 0 Å². The Hall–Kier alpha value is 0.0900. The van der Waals surface area contributed by atoms with Gasteiger partial charge in [0.25, 0.3) is 5.91 Å². The second-order valence-electron chi connectivity index (χ2n) is 4.05. The first kappa shape index (κ1) is 13.5. The molecule has 0 aromatic carbocycles. The number of thiophene rings is 1. The maximum atomic E-state index is 12.1. The Bertz CT molecular complexity index is 396. The number of amides is 1. The molecule has 1 fully saturated rings. The molecule has 1 amide bonds. The van der Waals surface area contributed by atoms with E-state index in [0.29, 0.717) is 6.54 Å². The molecular formula is C11H13Br2NO2S. The summed E-state index contributed by atoms with van der Waals surface area (Å²) in [5.74, 6) is 0.0527. The highest BCUT2D eigenvalue weighted by Crippen LogP contribution is 2.33. The van der Waals surface area contributed by atoms with E-state index in [1.165, 1.54) is 11.3 Å². The van der Waals surface area contributed by atoms with E-state index in [2.05, 4.69) is 31.9 Å². The SMILES string of the molecule is CN(CC1CCCO1)C(=O)c1cc(Br)c(Br)s1. The molecule has 2 heterocycles. The minimum Gasteiger partial charge on any atom is -0.376 e. The van der Waals surface area contributed by atoms with Crippen LogP contribution in [0.2, 0.25) is 0 Å². The van der Waals surface area contributed by atoms with Gasteiger partial charge in [-0.2, -0.15) is 0 Å². The number of hydrogen-bond donors (Lipinski definition) is 0. The molecule has 17 heavy (non-hydrogen) atoms. The fourth-order valence-electron chi connectivity index (χ4n) is 1.82. The van der Waals surface area contributed by atoms with Crippen LogP contribution in [0.4, 0.5) is 0 Å². The second kappa shape index (κ2) is 5.82. The lowest BCUT2D eigenvalue weighted by molar-refractivity contribution is 0.0590. The monoisotopic (exact) mass is 381 g/mol. The van der Waals surface area contributed by atoms with Gasteiger partial charge < -0.3 is 9.64 Å². The summed E-state index contributed by atoms with van der Waals surface area (Å²) in [4.78, 5) is 14.6. The molecule has 0 aliphatic carbocycles. The topological polar surface area (TPSA) is 29.5 Å². The van der Waals surface area contributed by atoms with Crippen LogP contribution < -0.4 is 0 Å². The average Bonchev–Trinajstić information content (AvgIpc) is 2.89. The van der Waals surface area contributed by atoms with Crippen molar-refractivity contribution in [2.45, 2.75) is 18.9 Å². The molecule has 0 radical (unpaired) electrons. The minimum atomic E-state index is 0.0527. The van der Waals surface area contributed by atoms with Crippen LogP contribution in [0.25, 0.3) is 0 Å². The van der Waals surface area contributed by atoms with Gasteiger partial charge in [-0.15, -0.1) is 11.3 Å². The number of carbonyl (C=O) groups is 1. The number of hydrogen-bond acceptors (Lipinski definition) is 3. The Kier molecular flexibility index (Phi) is 4.63. The first-order valence-corrected chi connectivity index (χ1v) is 7.80. The van der Waals surface area contributed by atoms with Crippen molar-refractivity contribution in [3.8, 4) is 0 Å². The summed E-state index contributed by atoms with van der Waals surface area (Å²) in [6.07, 6.45) is 2.36. The summed E-state index contributed by atoms with van der Waals surface area (Å²) in [5.41, 5.74) is 0. The van der Waals surface area contributed by atoms with Crippen molar-refractivity contribution in [3.05, 3.63) is 19.2 Å². The van der Waals surface area contributed by atoms with Crippen molar-refractivity contribution in [3.63, 3.8) is 0 Å². The van der Waals surface area contributed by atoms with Crippen molar-refractivity contribution in [2.24, 2.45) is 0 Å². The first-order chi connectivity index (χ1) is 8.08. The summed E-state index contributed by atoms with van der Waals surface area (Å²) in [7, 11) is 1.82. The number of carbonyl (C=O) groups excluding carboxylic acids is 1. The normalized spacial score (nSPS) is 19.6. The van der Waals surface area contributed by atoms with Gasteiger partial charge in [-0.3, -0.25) is 4.79 Å². The van der Waals surface area contributed by atoms with Crippen molar-refractivity contribution in [1.82, 2.24) is 4.90 Å². The summed E-state index contributed by atoms with van der Waals surface area (Å²) in [6.45, 7) is 1.49. The lowest BCUT2D eigenvalue weighted by atomic mass is 10.2. The van der Waals surface area contributed by atoms with Crippen LogP contribution in [0, 0.1) is 0 Å². The third-order valence-electron chi connectivity index (χ3n) is 2.70. The summed E-state index contributed by atoms with van der Waals surface area (Å²) < 4.78 is 7.41. The number of rotatable bonds is 3. The highest BCUT2D eigenvalue weighted by molar-refractivity contribution is 9.13. The molecule has 1 aromatic rings. The Morgan fingerprint density at radius 3 is 2.94 bits per heavy atom. The molecule has 0 bridgehead atoms.